The summed E-state index contributed by atoms with van der Waals surface area (Å²) in [5.41, 5.74) is 9.59. The number of aromatic nitrogens is 3. The number of nitrogen functional groups attached to an aromatic ring is 1. The van der Waals surface area contributed by atoms with Crippen molar-refractivity contribution in [3.63, 3.8) is 0 Å². The van der Waals surface area contributed by atoms with Gasteiger partial charge in [-0.1, -0.05) is 32.1 Å². The highest BCUT2D eigenvalue weighted by molar-refractivity contribution is 5.88. The molecule has 0 bridgehead atoms. The average molecular weight is 563 g/mol. The average Bonchev–Trinajstić information content (AvgIpc) is 3.29. The summed E-state index contributed by atoms with van der Waals surface area (Å²) in [5.74, 6) is 0.694. The van der Waals surface area contributed by atoms with Crippen LogP contribution in [0.2, 0.25) is 0 Å². The van der Waals surface area contributed by atoms with Gasteiger partial charge in [-0.25, -0.2) is 14.6 Å². The molecule has 0 unspecified atom stereocenters. The Morgan fingerprint density at radius 3 is 2.37 bits per heavy atom. The number of fused-ring (bicyclic) bond motifs is 1. The lowest BCUT2D eigenvalue weighted by atomic mass is 10.0. The molecule has 10 nitrogen and oxygen atoms in total. The summed E-state index contributed by atoms with van der Waals surface area (Å²) in [6.45, 7) is 16.4. The number of ether oxygens (including phenoxy) is 2. The molecule has 0 fully saturated rings. The number of nitrogens with two attached hydrogens (primary N) is 1. The Morgan fingerprint density at radius 2 is 1.78 bits per heavy atom. The number of nitrogens with zero attached hydrogens (tertiary/aromatic N) is 5. The van der Waals surface area contributed by atoms with Crippen molar-refractivity contribution in [1.29, 1.82) is 0 Å². The van der Waals surface area contributed by atoms with E-state index in [1.165, 1.54) is 0 Å². The standard InChI is InChI=1S/C31H42N6O4/c1-20(2)24-18-33-37-26(36(29(39)41-31(6,7)8)19-21-10-9-11-23(32)16-21)17-25(34-27(24)37)22-12-14-35(15-13-22)28(38)40-30(3,4)5/h9-12,16-18,20H,13-15,19,32H2,1-8H3. The van der Waals surface area contributed by atoms with E-state index in [1.807, 2.05) is 78.0 Å². The lowest BCUT2D eigenvalue weighted by Crippen LogP contribution is -2.39. The van der Waals surface area contributed by atoms with Gasteiger partial charge in [0.15, 0.2) is 5.65 Å². The van der Waals surface area contributed by atoms with E-state index in [0.717, 1.165) is 22.4 Å². The van der Waals surface area contributed by atoms with Crippen LogP contribution >= 0.6 is 0 Å². The molecule has 1 aliphatic heterocycles. The summed E-state index contributed by atoms with van der Waals surface area (Å²) in [6.07, 6.45) is 3.54. The van der Waals surface area contributed by atoms with Crippen molar-refractivity contribution in [2.45, 2.75) is 85.5 Å². The predicted octanol–water partition coefficient (Wildman–Crippen LogP) is 6.40. The Bertz CT molecular complexity index is 1460. The van der Waals surface area contributed by atoms with Crippen LogP contribution in [-0.4, -0.2) is 56.0 Å². The van der Waals surface area contributed by atoms with Gasteiger partial charge in [-0.05, 0) is 77.2 Å². The normalized spacial score (nSPS) is 14.3. The molecule has 10 heteroatoms. The zero-order valence-corrected chi connectivity index (χ0v) is 25.4. The molecular formula is C31H42N6O4. The first-order chi connectivity index (χ1) is 19.1. The van der Waals surface area contributed by atoms with E-state index in [0.29, 0.717) is 36.7 Å². The van der Waals surface area contributed by atoms with Gasteiger partial charge in [0, 0.05) is 30.4 Å². The molecule has 3 aromatic rings. The van der Waals surface area contributed by atoms with Crippen LogP contribution in [0.15, 0.2) is 42.6 Å². The van der Waals surface area contributed by atoms with Gasteiger partial charge in [-0.2, -0.15) is 9.61 Å². The van der Waals surface area contributed by atoms with Crippen molar-refractivity contribution in [1.82, 2.24) is 19.5 Å². The summed E-state index contributed by atoms with van der Waals surface area (Å²) in [6, 6.07) is 9.30. The van der Waals surface area contributed by atoms with Crippen LogP contribution in [0.25, 0.3) is 11.2 Å². The van der Waals surface area contributed by atoms with Crippen molar-refractivity contribution in [3.8, 4) is 0 Å². The molecule has 4 rings (SSSR count). The minimum atomic E-state index is -0.704. The third-order valence-corrected chi connectivity index (χ3v) is 6.47. The van der Waals surface area contributed by atoms with E-state index in [-0.39, 0.29) is 18.6 Å². The van der Waals surface area contributed by atoms with Crippen LogP contribution in [0.1, 0.15) is 84.5 Å². The van der Waals surface area contributed by atoms with Gasteiger partial charge in [0.2, 0.25) is 0 Å². The molecule has 1 aromatic carbocycles. The molecule has 2 N–H and O–H groups in total. The molecule has 2 aromatic heterocycles. The molecule has 0 atom stereocenters. The molecule has 0 radical (unpaired) electrons. The summed E-state index contributed by atoms with van der Waals surface area (Å²) in [7, 11) is 0. The fraction of sp³-hybridized carbons (Fsp3) is 0.484. The first-order valence-electron chi connectivity index (χ1n) is 14.0. The van der Waals surface area contributed by atoms with Crippen LogP contribution in [0, 0.1) is 0 Å². The van der Waals surface area contributed by atoms with Gasteiger partial charge in [0.1, 0.15) is 17.0 Å². The van der Waals surface area contributed by atoms with Gasteiger partial charge in [0.05, 0.1) is 18.4 Å². The number of amides is 2. The van der Waals surface area contributed by atoms with Crippen molar-refractivity contribution in [2.75, 3.05) is 23.7 Å². The number of hydrogen-bond acceptors (Lipinski definition) is 7. The molecule has 1 aliphatic rings. The zero-order chi connectivity index (χ0) is 30.1. The summed E-state index contributed by atoms with van der Waals surface area (Å²) >= 11 is 0. The minimum Gasteiger partial charge on any atom is -0.444 e. The third-order valence-electron chi connectivity index (χ3n) is 6.47. The summed E-state index contributed by atoms with van der Waals surface area (Å²) < 4.78 is 13.1. The van der Waals surface area contributed by atoms with Gasteiger partial charge in [-0.15, -0.1) is 0 Å². The van der Waals surface area contributed by atoms with E-state index >= 15 is 0 Å². The quantitative estimate of drug-likeness (QED) is 0.358. The lowest BCUT2D eigenvalue weighted by molar-refractivity contribution is 0.0270. The Kier molecular flexibility index (Phi) is 8.33. The topological polar surface area (TPSA) is 115 Å². The highest BCUT2D eigenvalue weighted by Gasteiger charge is 2.29. The van der Waals surface area contributed by atoms with Crippen molar-refractivity contribution >= 4 is 34.9 Å². The monoisotopic (exact) mass is 562 g/mol. The number of benzene rings is 1. The second-order valence-corrected chi connectivity index (χ2v) is 12.7. The molecule has 0 saturated carbocycles. The number of carbonyl (C=O) groups is 2. The van der Waals surface area contributed by atoms with Crippen LogP contribution in [0.3, 0.4) is 0 Å². The van der Waals surface area contributed by atoms with Crippen LogP contribution in [-0.2, 0) is 16.0 Å². The van der Waals surface area contributed by atoms with E-state index in [1.54, 1.807) is 20.5 Å². The number of anilines is 2. The third kappa shape index (κ3) is 7.36. The van der Waals surface area contributed by atoms with Crippen molar-refractivity contribution in [3.05, 3.63) is 59.4 Å². The zero-order valence-electron chi connectivity index (χ0n) is 25.4. The van der Waals surface area contributed by atoms with Crippen molar-refractivity contribution < 1.29 is 19.1 Å². The molecule has 2 amide bonds. The molecule has 0 aliphatic carbocycles. The molecular weight excluding hydrogens is 520 g/mol. The van der Waals surface area contributed by atoms with Gasteiger partial charge < -0.3 is 20.1 Å². The van der Waals surface area contributed by atoms with Gasteiger partial charge >= 0.3 is 12.2 Å². The second-order valence-electron chi connectivity index (χ2n) is 12.7. The Balaban J connectivity index is 1.80. The van der Waals surface area contributed by atoms with Crippen molar-refractivity contribution in [2.24, 2.45) is 0 Å². The number of hydrogen-bond donors (Lipinski definition) is 1. The fourth-order valence-electron chi connectivity index (χ4n) is 4.55. The summed E-state index contributed by atoms with van der Waals surface area (Å²) in [5, 5.41) is 4.65. The SMILES string of the molecule is CC(C)c1cnn2c(N(Cc3cccc(N)c3)C(=O)OC(C)(C)C)cc(C3=CCN(C(=O)OC(C)(C)C)CC3)nc12. The Hall–Kier alpha value is -4.08. The van der Waals surface area contributed by atoms with Crippen LogP contribution in [0.4, 0.5) is 21.1 Å². The fourth-order valence-corrected chi connectivity index (χ4v) is 4.55. The molecule has 220 valence electrons. The molecule has 41 heavy (non-hydrogen) atoms. The van der Waals surface area contributed by atoms with Gasteiger partial charge in [0.25, 0.3) is 0 Å². The molecule has 0 spiro atoms. The predicted molar refractivity (Wildman–Crippen MR) is 161 cm³/mol. The highest BCUT2D eigenvalue weighted by atomic mass is 16.6. The lowest BCUT2D eigenvalue weighted by Gasteiger charge is -2.30. The minimum absolute atomic E-state index is 0.162. The largest absolute Gasteiger partial charge is 0.444 e. The number of rotatable bonds is 5. The maximum atomic E-state index is 13.7. The molecule has 0 saturated heterocycles. The maximum absolute atomic E-state index is 13.7. The highest BCUT2D eigenvalue weighted by Crippen LogP contribution is 2.31. The summed E-state index contributed by atoms with van der Waals surface area (Å²) in [4.78, 5) is 34.6. The first kappa shape index (κ1) is 29.9. The Morgan fingerprint density at radius 1 is 1.07 bits per heavy atom. The molecule has 3 heterocycles. The first-order valence-corrected chi connectivity index (χ1v) is 14.0. The maximum Gasteiger partial charge on any atom is 0.416 e. The van der Waals surface area contributed by atoms with Crippen LogP contribution < -0.4 is 10.6 Å². The van der Waals surface area contributed by atoms with E-state index < -0.39 is 17.3 Å². The van der Waals surface area contributed by atoms with Gasteiger partial charge in [-0.3, -0.25) is 4.90 Å². The second kappa shape index (κ2) is 11.4. The van der Waals surface area contributed by atoms with E-state index in [4.69, 9.17) is 20.2 Å². The smallest absolute Gasteiger partial charge is 0.416 e. The number of carbonyl (C=O) groups excluding carboxylic acids is 2. The van der Waals surface area contributed by atoms with E-state index in [2.05, 4.69) is 18.9 Å². The Labute approximate surface area is 242 Å². The van der Waals surface area contributed by atoms with Crippen LogP contribution in [0.5, 0.6) is 0 Å². The van der Waals surface area contributed by atoms with E-state index in [9.17, 15) is 9.59 Å².